The van der Waals surface area contributed by atoms with E-state index in [0.717, 1.165) is 22.4 Å². The lowest BCUT2D eigenvalue weighted by Gasteiger charge is -1.98. The van der Waals surface area contributed by atoms with E-state index in [2.05, 4.69) is 6.07 Å². The second-order valence-corrected chi connectivity index (χ2v) is 3.79. The number of hydrogen-bond donors (Lipinski definition) is 1. The number of anilines is 1. The van der Waals surface area contributed by atoms with Crippen molar-refractivity contribution in [1.82, 2.24) is 0 Å². The molecule has 0 heterocycles. The Labute approximate surface area is 102 Å². The zero-order chi connectivity index (χ0) is 12.7. The molecule has 0 saturated carbocycles. The van der Waals surface area contributed by atoms with Crippen molar-refractivity contribution < 1.29 is 0 Å². The van der Waals surface area contributed by atoms with Gasteiger partial charge in [0.2, 0.25) is 0 Å². The van der Waals surface area contributed by atoms with Crippen LogP contribution in [0.25, 0.3) is 0 Å². The summed E-state index contributed by atoms with van der Waals surface area (Å²) >= 11 is 0. The van der Waals surface area contributed by atoms with Crippen LogP contribution in [0.4, 0.5) is 5.69 Å². The van der Waals surface area contributed by atoms with Crippen molar-refractivity contribution in [2.45, 2.75) is 13.8 Å². The predicted molar refractivity (Wildman–Crippen MR) is 71.5 cm³/mol. The molecule has 0 saturated heterocycles. The average Bonchev–Trinajstić information content (AvgIpc) is 2.31. The molecule has 2 aromatic rings. The fourth-order valence-corrected chi connectivity index (χ4v) is 1.44. The van der Waals surface area contributed by atoms with Crippen LogP contribution in [-0.4, -0.2) is 0 Å². The summed E-state index contributed by atoms with van der Waals surface area (Å²) in [5, 5.41) is 8.65. The summed E-state index contributed by atoms with van der Waals surface area (Å²) in [6.07, 6.45) is 0. The lowest BCUT2D eigenvalue weighted by molar-refractivity contribution is 1.32. The Bertz CT molecular complexity index is 490. The molecule has 2 heteroatoms. The van der Waals surface area contributed by atoms with Gasteiger partial charge in [0.15, 0.2) is 0 Å². The average molecular weight is 224 g/mol. The van der Waals surface area contributed by atoms with Gasteiger partial charge in [-0.3, -0.25) is 0 Å². The van der Waals surface area contributed by atoms with Gasteiger partial charge in [0.1, 0.15) is 0 Å². The Morgan fingerprint density at radius 3 is 1.71 bits per heavy atom. The van der Waals surface area contributed by atoms with Crippen LogP contribution in [0.5, 0.6) is 0 Å². The SMILES string of the molecule is Cc1cccc(C)c1C#N.Nc1ccccc1. The third-order valence-electron chi connectivity index (χ3n) is 2.39. The van der Waals surface area contributed by atoms with Crippen LogP contribution < -0.4 is 5.73 Å². The smallest absolute Gasteiger partial charge is 0.0997 e. The molecule has 17 heavy (non-hydrogen) atoms. The van der Waals surface area contributed by atoms with E-state index < -0.39 is 0 Å². The maximum absolute atomic E-state index is 8.65. The van der Waals surface area contributed by atoms with E-state index in [1.807, 2.05) is 62.4 Å². The van der Waals surface area contributed by atoms with Crippen molar-refractivity contribution in [2.75, 3.05) is 5.73 Å². The Morgan fingerprint density at radius 1 is 0.882 bits per heavy atom. The quantitative estimate of drug-likeness (QED) is 0.697. The molecule has 2 nitrogen and oxygen atoms in total. The highest BCUT2D eigenvalue weighted by molar-refractivity contribution is 5.42. The minimum Gasteiger partial charge on any atom is -0.399 e. The van der Waals surface area contributed by atoms with Gasteiger partial charge in [0.25, 0.3) is 0 Å². The Kier molecular flexibility index (Phi) is 4.77. The number of nitrogens with zero attached hydrogens (tertiary/aromatic N) is 1. The molecule has 2 rings (SSSR count). The fourth-order valence-electron chi connectivity index (χ4n) is 1.44. The highest BCUT2D eigenvalue weighted by Crippen LogP contribution is 2.10. The van der Waals surface area contributed by atoms with Gasteiger partial charge in [0.05, 0.1) is 11.6 Å². The van der Waals surface area contributed by atoms with Crippen LogP contribution in [0.15, 0.2) is 48.5 Å². The molecule has 0 aliphatic rings. The van der Waals surface area contributed by atoms with Crippen molar-refractivity contribution in [3.8, 4) is 6.07 Å². The topological polar surface area (TPSA) is 49.8 Å². The molecule has 86 valence electrons. The van der Waals surface area contributed by atoms with E-state index in [9.17, 15) is 0 Å². The Hall–Kier alpha value is -2.27. The van der Waals surface area contributed by atoms with Gasteiger partial charge in [-0.15, -0.1) is 0 Å². The van der Waals surface area contributed by atoms with Crippen molar-refractivity contribution in [3.05, 3.63) is 65.2 Å². The molecular weight excluding hydrogens is 208 g/mol. The molecule has 0 atom stereocenters. The number of hydrogen-bond acceptors (Lipinski definition) is 2. The maximum Gasteiger partial charge on any atom is 0.0997 e. The minimum atomic E-state index is 0.808. The molecule has 0 aliphatic carbocycles. The first kappa shape index (κ1) is 12.8. The Balaban J connectivity index is 0.000000181. The predicted octanol–water partition coefficient (Wildman–Crippen LogP) is 3.44. The summed E-state index contributed by atoms with van der Waals surface area (Å²) in [4.78, 5) is 0. The Morgan fingerprint density at radius 2 is 1.41 bits per heavy atom. The van der Waals surface area contributed by atoms with Gasteiger partial charge in [0, 0.05) is 5.69 Å². The van der Waals surface area contributed by atoms with Gasteiger partial charge < -0.3 is 5.73 Å². The second-order valence-electron chi connectivity index (χ2n) is 3.79. The van der Waals surface area contributed by atoms with Crippen molar-refractivity contribution in [3.63, 3.8) is 0 Å². The number of para-hydroxylation sites is 1. The van der Waals surface area contributed by atoms with Gasteiger partial charge in [-0.1, -0.05) is 36.4 Å². The third kappa shape index (κ3) is 4.00. The normalized spacial score (nSPS) is 8.76. The van der Waals surface area contributed by atoms with E-state index in [-0.39, 0.29) is 0 Å². The van der Waals surface area contributed by atoms with Crippen LogP contribution in [-0.2, 0) is 0 Å². The van der Waals surface area contributed by atoms with Crippen molar-refractivity contribution in [2.24, 2.45) is 0 Å². The lowest BCUT2D eigenvalue weighted by Crippen LogP contribution is -1.84. The van der Waals surface area contributed by atoms with Gasteiger partial charge >= 0.3 is 0 Å². The highest BCUT2D eigenvalue weighted by atomic mass is 14.5. The number of aryl methyl sites for hydroxylation is 2. The molecule has 0 bridgehead atoms. The van der Waals surface area contributed by atoms with E-state index in [1.165, 1.54) is 0 Å². The first-order valence-corrected chi connectivity index (χ1v) is 5.42. The zero-order valence-corrected chi connectivity index (χ0v) is 10.1. The molecular formula is C15H16N2. The van der Waals surface area contributed by atoms with E-state index in [0.29, 0.717) is 0 Å². The standard InChI is InChI=1S/C9H9N.C6H7N/c1-7-4-3-5-8(2)9(7)6-10;7-6-4-2-1-3-5-6/h3-5H,1-2H3;1-5H,7H2. The molecule has 2 N–H and O–H groups in total. The summed E-state index contributed by atoms with van der Waals surface area (Å²) in [6, 6.07) is 17.5. The van der Waals surface area contributed by atoms with Crippen LogP contribution in [0.2, 0.25) is 0 Å². The summed E-state index contributed by atoms with van der Waals surface area (Å²) in [5.41, 5.74) is 9.10. The first-order valence-electron chi connectivity index (χ1n) is 5.42. The van der Waals surface area contributed by atoms with Gasteiger partial charge in [-0.2, -0.15) is 5.26 Å². The highest BCUT2D eigenvalue weighted by Gasteiger charge is 1.97. The molecule has 0 spiro atoms. The van der Waals surface area contributed by atoms with Crippen LogP contribution in [0.1, 0.15) is 16.7 Å². The summed E-state index contributed by atoms with van der Waals surface area (Å²) in [6.45, 7) is 3.90. The minimum absolute atomic E-state index is 0.808. The number of nitrogen functional groups attached to an aromatic ring is 1. The van der Waals surface area contributed by atoms with Gasteiger partial charge in [-0.05, 0) is 37.1 Å². The van der Waals surface area contributed by atoms with Crippen LogP contribution in [0.3, 0.4) is 0 Å². The molecule has 0 fully saturated rings. The molecule has 0 aromatic heterocycles. The summed E-state index contributed by atoms with van der Waals surface area (Å²) in [5.74, 6) is 0. The number of nitrogens with two attached hydrogens (primary N) is 1. The molecule has 0 unspecified atom stereocenters. The number of benzene rings is 2. The lowest BCUT2D eigenvalue weighted by atomic mass is 10.1. The number of nitriles is 1. The van der Waals surface area contributed by atoms with Crippen LogP contribution in [0, 0.1) is 25.2 Å². The largest absolute Gasteiger partial charge is 0.399 e. The monoisotopic (exact) mass is 224 g/mol. The summed E-state index contributed by atoms with van der Waals surface area (Å²) in [7, 11) is 0. The van der Waals surface area contributed by atoms with E-state index in [4.69, 9.17) is 11.0 Å². The second kappa shape index (κ2) is 6.34. The van der Waals surface area contributed by atoms with Crippen molar-refractivity contribution in [1.29, 1.82) is 5.26 Å². The molecule has 2 aromatic carbocycles. The first-order chi connectivity index (χ1) is 8.15. The molecule has 0 aliphatic heterocycles. The van der Waals surface area contributed by atoms with E-state index >= 15 is 0 Å². The number of rotatable bonds is 0. The maximum atomic E-state index is 8.65. The molecule has 0 amide bonds. The summed E-state index contributed by atoms with van der Waals surface area (Å²) < 4.78 is 0. The molecule has 0 radical (unpaired) electrons. The van der Waals surface area contributed by atoms with Crippen molar-refractivity contribution >= 4 is 5.69 Å². The zero-order valence-electron chi connectivity index (χ0n) is 10.1. The van der Waals surface area contributed by atoms with Gasteiger partial charge in [-0.25, -0.2) is 0 Å². The third-order valence-corrected chi connectivity index (χ3v) is 2.39. The fraction of sp³-hybridized carbons (Fsp3) is 0.133. The van der Waals surface area contributed by atoms with Crippen LogP contribution >= 0.6 is 0 Å². The van der Waals surface area contributed by atoms with E-state index in [1.54, 1.807) is 0 Å².